The maximum atomic E-state index is 14.3. The van der Waals surface area contributed by atoms with Gasteiger partial charge in [-0.2, -0.15) is 0 Å². The second-order valence-corrected chi connectivity index (χ2v) is 16.5. The normalized spacial score (nSPS) is 18.1. The molecule has 0 spiro atoms. The lowest BCUT2D eigenvalue weighted by molar-refractivity contribution is -0.146. The first-order valence-electron chi connectivity index (χ1n) is 20.2. The molecule has 2 aliphatic carbocycles. The number of aliphatic hydroxyl groups is 1. The summed E-state index contributed by atoms with van der Waals surface area (Å²) in [6.45, 7) is 9.15. The number of ether oxygens (including phenoxy) is 1. The van der Waals surface area contributed by atoms with Gasteiger partial charge >= 0.3 is 6.09 Å². The van der Waals surface area contributed by atoms with E-state index >= 15 is 0 Å². The second-order valence-electron chi connectivity index (χ2n) is 16.5. The van der Waals surface area contributed by atoms with Crippen molar-refractivity contribution < 1.29 is 38.6 Å². The number of carbonyl (C=O) groups is 6. The first kappa shape index (κ1) is 45.2. The quantitative estimate of drug-likeness (QED) is 0.122. The van der Waals surface area contributed by atoms with E-state index in [1.807, 2.05) is 13.8 Å². The Morgan fingerprint density at radius 2 is 1.47 bits per heavy atom. The molecule has 0 aromatic heterocycles. The van der Waals surface area contributed by atoms with Crippen molar-refractivity contribution in [2.45, 2.75) is 148 Å². The van der Waals surface area contributed by atoms with Gasteiger partial charge in [-0.3, -0.25) is 24.0 Å². The Hall–Kier alpha value is -4.20. The van der Waals surface area contributed by atoms with Gasteiger partial charge in [0.2, 0.25) is 23.6 Å². The first-order valence-corrected chi connectivity index (χ1v) is 20.2. The van der Waals surface area contributed by atoms with E-state index in [9.17, 15) is 33.9 Å². The SMILES string of the molecule is CC[C@@H](C)[C@H](NC(=O)CN(CC1CCCCC1)C(=O)[C@@H](O)[C@H](Cc1ccccc1)NC(=O)[C@H](CC(N)=O)NC(=O)OC(C)(C)C)C(=O)NCC1CCCCC1. The zero-order chi connectivity index (χ0) is 40.5. The molecule has 0 radical (unpaired) electrons. The van der Waals surface area contributed by atoms with Crippen molar-refractivity contribution in [2.75, 3.05) is 19.6 Å². The van der Waals surface area contributed by atoms with E-state index in [2.05, 4.69) is 21.3 Å². The predicted molar refractivity (Wildman–Crippen MR) is 209 cm³/mol. The van der Waals surface area contributed by atoms with Crippen molar-refractivity contribution in [3.05, 3.63) is 35.9 Å². The molecular weight excluding hydrogens is 704 g/mol. The number of amides is 6. The molecule has 0 saturated heterocycles. The van der Waals surface area contributed by atoms with Gasteiger partial charge in [0.05, 0.1) is 19.0 Å². The van der Waals surface area contributed by atoms with Crippen LogP contribution in [0.25, 0.3) is 0 Å². The fourth-order valence-electron chi connectivity index (χ4n) is 7.37. The Morgan fingerprint density at radius 3 is 2.04 bits per heavy atom. The molecule has 14 nitrogen and oxygen atoms in total. The van der Waals surface area contributed by atoms with Gasteiger partial charge in [-0.05, 0) is 76.2 Å². The number of hydrogen-bond donors (Lipinski definition) is 6. The lowest BCUT2D eigenvalue weighted by atomic mass is 9.88. The van der Waals surface area contributed by atoms with E-state index in [1.165, 1.54) is 11.3 Å². The van der Waals surface area contributed by atoms with E-state index < -0.39 is 72.5 Å². The van der Waals surface area contributed by atoms with E-state index in [0.29, 0.717) is 24.4 Å². The summed E-state index contributed by atoms with van der Waals surface area (Å²) in [6.07, 6.45) is 7.72. The number of hydrogen-bond acceptors (Lipinski definition) is 8. The Labute approximate surface area is 326 Å². The van der Waals surface area contributed by atoms with Crippen molar-refractivity contribution in [1.29, 1.82) is 0 Å². The summed E-state index contributed by atoms with van der Waals surface area (Å²) in [4.78, 5) is 81.1. The molecule has 2 fully saturated rings. The van der Waals surface area contributed by atoms with Crippen molar-refractivity contribution in [3.8, 4) is 0 Å². The second kappa shape index (κ2) is 22.4. The number of nitrogens with two attached hydrogens (primary N) is 1. The van der Waals surface area contributed by atoms with Crippen molar-refractivity contribution in [2.24, 2.45) is 23.5 Å². The number of benzene rings is 1. The van der Waals surface area contributed by atoms with Gasteiger partial charge in [-0.25, -0.2) is 4.79 Å². The molecule has 14 heteroatoms. The third-order valence-electron chi connectivity index (χ3n) is 10.6. The van der Waals surface area contributed by atoms with Crippen LogP contribution in [0, 0.1) is 17.8 Å². The van der Waals surface area contributed by atoms with Crippen LogP contribution in [0.2, 0.25) is 0 Å². The first-order chi connectivity index (χ1) is 26.1. The smallest absolute Gasteiger partial charge is 0.408 e. The Morgan fingerprint density at radius 1 is 0.873 bits per heavy atom. The zero-order valence-corrected chi connectivity index (χ0v) is 33.6. The maximum Gasteiger partial charge on any atom is 0.408 e. The molecule has 2 saturated carbocycles. The number of primary amides is 1. The standard InChI is InChI=1S/C41H66N6O8/c1-6-27(2)35(38(52)43-24-29-18-12-8-13-19-29)46-34(49)26-47(25-30-20-14-9-15-21-30)39(53)36(50)31(22-28-16-10-7-11-17-28)44-37(51)32(23-33(42)48)45-40(54)55-41(3,4)5/h7,10-11,16-17,27,29-32,35-36,50H,6,8-9,12-15,18-26H2,1-5H3,(H2,42,48)(H,43,52)(H,44,51)(H,45,54)(H,46,49)/t27-,31+,32+,35+,36+/m1/s1. The number of alkyl carbamates (subject to hydrolysis) is 1. The highest BCUT2D eigenvalue weighted by molar-refractivity contribution is 5.93. The topological polar surface area (TPSA) is 209 Å². The van der Waals surface area contributed by atoms with Crippen molar-refractivity contribution in [1.82, 2.24) is 26.2 Å². The third-order valence-corrected chi connectivity index (χ3v) is 10.6. The molecule has 6 amide bonds. The molecule has 1 aromatic carbocycles. The highest BCUT2D eigenvalue weighted by Gasteiger charge is 2.36. The van der Waals surface area contributed by atoms with Gasteiger partial charge in [0, 0.05) is 13.1 Å². The summed E-state index contributed by atoms with van der Waals surface area (Å²) in [7, 11) is 0. The third kappa shape index (κ3) is 16.2. The Kier molecular flexibility index (Phi) is 18.4. The lowest BCUT2D eigenvalue weighted by Crippen LogP contribution is -2.59. The molecule has 0 heterocycles. The van der Waals surface area contributed by atoms with Crippen molar-refractivity contribution in [3.63, 3.8) is 0 Å². The molecule has 0 unspecified atom stereocenters. The monoisotopic (exact) mass is 770 g/mol. The molecule has 55 heavy (non-hydrogen) atoms. The molecule has 5 atom stereocenters. The number of aliphatic hydroxyl groups excluding tert-OH is 1. The lowest BCUT2D eigenvalue weighted by Gasteiger charge is -2.34. The van der Waals surface area contributed by atoms with Crippen LogP contribution in [0.15, 0.2) is 30.3 Å². The van der Waals surface area contributed by atoms with Crippen LogP contribution in [0.3, 0.4) is 0 Å². The van der Waals surface area contributed by atoms with Crippen LogP contribution in [0.5, 0.6) is 0 Å². The van der Waals surface area contributed by atoms with Crippen LogP contribution < -0.4 is 27.0 Å². The van der Waals surface area contributed by atoms with Crippen LogP contribution in [0.1, 0.15) is 117 Å². The molecule has 7 N–H and O–H groups in total. The zero-order valence-electron chi connectivity index (χ0n) is 33.6. The van der Waals surface area contributed by atoms with Crippen LogP contribution in [-0.2, 0) is 35.1 Å². The molecule has 0 aliphatic heterocycles. The average Bonchev–Trinajstić information content (AvgIpc) is 3.14. The minimum Gasteiger partial charge on any atom is -0.444 e. The van der Waals surface area contributed by atoms with Gasteiger partial charge in [-0.15, -0.1) is 0 Å². The fraction of sp³-hybridized carbons (Fsp3) is 0.707. The molecule has 2 aliphatic rings. The minimum atomic E-state index is -1.82. The summed E-state index contributed by atoms with van der Waals surface area (Å²) < 4.78 is 5.28. The molecular formula is C41H66N6O8. The summed E-state index contributed by atoms with van der Waals surface area (Å²) in [5, 5.41) is 22.8. The number of rotatable bonds is 19. The van der Waals surface area contributed by atoms with Crippen LogP contribution >= 0.6 is 0 Å². The van der Waals surface area contributed by atoms with Crippen LogP contribution in [-0.4, -0.2) is 95.1 Å². The molecule has 0 bridgehead atoms. The molecule has 308 valence electrons. The fourth-order valence-corrected chi connectivity index (χ4v) is 7.37. The number of carbonyl (C=O) groups excluding carboxylic acids is 6. The Bertz CT molecular complexity index is 1410. The number of nitrogens with zero attached hydrogens (tertiary/aromatic N) is 1. The highest BCUT2D eigenvalue weighted by Crippen LogP contribution is 2.25. The number of nitrogens with one attached hydrogen (secondary N) is 4. The van der Waals surface area contributed by atoms with E-state index in [4.69, 9.17) is 10.5 Å². The van der Waals surface area contributed by atoms with Crippen molar-refractivity contribution >= 4 is 35.6 Å². The average molecular weight is 771 g/mol. The van der Waals surface area contributed by atoms with Gasteiger partial charge in [0.1, 0.15) is 17.7 Å². The Balaban J connectivity index is 1.84. The summed E-state index contributed by atoms with van der Waals surface area (Å²) in [6, 6.07) is 5.42. The predicted octanol–water partition coefficient (Wildman–Crippen LogP) is 3.48. The van der Waals surface area contributed by atoms with E-state index in [1.54, 1.807) is 51.1 Å². The summed E-state index contributed by atoms with van der Waals surface area (Å²) >= 11 is 0. The van der Waals surface area contributed by atoms with Gasteiger partial charge < -0.3 is 41.7 Å². The highest BCUT2D eigenvalue weighted by atomic mass is 16.6. The summed E-state index contributed by atoms with van der Waals surface area (Å²) in [5.74, 6) is -2.93. The van der Waals surface area contributed by atoms with Gasteiger partial charge in [0.15, 0.2) is 6.10 Å². The summed E-state index contributed by atoms with van der Waals surface area (Å²) in [5.41, 5.74) is 5.22. The van der Waals surface area contributed by atoms with Crippen LogP contribution in [0.4, 0.5) is 4.79 Å². The molecule has 1 aromatic rings. The maximum absolute atomic E-state index is 14.3. The van der Waals surface area contributed by atoms with E-state index in [-0.39, 0.29) is 30.7 Å². The van der Waals surface area contributed by atoms with Gasteiger partial charge in [-0.1, -0.05) is 89.1 Å². The largest absolute Gasteiger partial charge is 0.444 e. The van der Waals surface area contributed by atoms with Gasteiger partial charge in [0.25, 0.3) is 5.91 Å². The van der Waals surface area contributed by atoms with E-state index in [0.717, 1.165) is 57.8 Å². The minimum absolute atomic E-state index is 0.00986. The molecule has 3 rings (SSSR count).